The van der Waals surface area contributed by atoms with Crippen LogP contribution < -0.4 is 15.0 Å². The van der Waals surface area contributed by atoms with Crippen LogP contribution in [-0.2, 0) is 4.74 Å². The molecule has 0 spiro atoms. The molecule has 1 aliphatic rings. The van der Waals surface area contributed by atoms with Crippen LogP contribution in [0.2, 0.25) is 5.02 Å². The molecule has 184 valence electrons. The van der Waals surface area contributed by atoms with Crippen LogP contribution in [0.1, 0.15) is 23.5 Å². The number of furan rings is 1. The van der Waals surface area contributed by atoms with Crippen molar-refractivity contribution in [2.45, 2.75) is 12.1 Å². The van der Waals surface area contributed by atoms with Crippen LogP contribution in [0.3, 0.4) is 0 Å². The van der Waals surface area contributed by atoms with Gasteiger partial charge in [0.15, 0.2) is 5.11 Å². The zero-order chi connectivity index (χ0) is 25.1. The summed E-state index contributed by atoms with van der Waals surface area (Å²) in [7, 11) is 1.61. The summed E-state index contributed by atoms with van der Waals surface area (Å²) < 4.78 is 30.5. The molecular weight excluding hydrogens is 501 g/mol. The number of ether oxygens (including phenoxy) is 2. The Hall–Kier alpha value is -3.46. The minimum absolute atomic E-state index is 0.276. The zero-order valence-corrected chi connectivity index (χ0v) is 20.9. The summed E-state index contributed by atoms with van der Waals surface area (Å²) in [5.74, 6) is 1.56. The highest BCUT2D eigenvalue weighted by atomic mass is 35.5. The van der Waals surface area contributed by atoms with Gasteiger partial charge < -0.3 is 24.1 Å². The van der Waals surface area contributed by atoms with Crippen molar-refractivity contribution < 1.29 is 18.3 Å². The molecule has 1 fully saturated rings. The maximum absolute atomic E-state index is 13.4. The van der Waals surface area contributed by atoms with Gasteiger partial charge >= 0.3 is 0 Å². The third-order valence-electron chi connectivity index (χ3n) is 5.88. The van der Waals surface area contributed by atoms with Crippen molar-refractivity contribution in [3.05, 3.63) is 101 Å². The monoisotopic (exact) mass is 523 g/mol. The molecule has 4 aromatic rings. The number of nitrogens with one attached hydrogen (secondary N) is 1. The first-order chi connectivity index (χ1) is 17.5. The molecule has 5 rings (SSSR count). The highest BCUT2D eigenvalue weighted by Crippen LogP contribution is 2.44. The smallest absolute Gasteiger partial charge is 0.174 e. The van der Waals surface area contributed by atoms with E-state index in [4.69, 9.17) is 37.7 Å². The highest BCUT2D eigenvalue weighted by molar-refractivity contribution is 7.80. The molecule has 6 nitrogen and oxygen atoms in total. The van der Waals surface area contributed by atoms with E-state index in [0.717, 1.165) is 16.9 Å². The van der Waals surface area contributed by atoms with Gasteiger partial charge in [0, 0.05) is 24.6 Å². The molecule has 2 aromatic heterocycles. The average Bonchev–Trinajstić information content (AvgIpc) is 3.51. The number of hydrogen-bond donors (Lipinski definition) is 1. The van der Waals surface area contributed by atoms with Crippen LogP contribution in [-0.4, -0.2) is 30.4 Å². The fourth-order valence-corrected chi connectivity index (χ4v) is 4.77. The lowest BCUT2D eigenvalue weighted by molar-refractivity contribution is 0.146. The van der Waals surface area contributed by atoms with Crippen LogP contribution in [0.4, 0.5) is 10.1 Å². The van der Waals surface area contributed by atoms with Gasteiger partial charge in [0.25, 0.3) is 0 Å². The topological polar surface area (TPSA) is 59.8 Å². The third-order valence-corrected chi connectivity index (χ3v) is 6.49. The summed E-state index contributed by atoms with van der Waals surface area (Å²) >= 11 is 12.3. The molecule has 36 heavy (non-hydrogen) atoms. The van der Waals surface area contributed by atoms with Crippen molar-refractivity contribution >= 4 is 34.6 Å². The van der Waals surface area contributed by atoms with Crippen molar-refractivity contribution in [2.75, 3.05) is 25.2 Å². The Kier molecular flexibility index (Phi) is 7.18. The number of benzene rings is 2. The summed E-state index contributed by atoms with van der Waals surface area (Å²) in [5.41, 5.74) is 2.37. The Balaban J connectivity index is 1.52. The number of methoxy groups -OCH3 is 1. The molecule has 0 radical (unpaired) electrons. The minimum Gasteiger partial charge on any atom is -0.490 e. The third kappa shape index (κ3) is 4.93. The van der Waals surface area contributed by atoms with Gasteiger partial charge in [0.1, 0.15) is 35.7 Å². The summed E-state index contributed by atoms with van der Waals surface area (Å²) in [6, 6.07) is 20.6. The number of pyridine rings is 1. The predicted molar refractivity (Wildman–Crippen MR) is 141 cm³/mol. The van der Waals surface area contributed by atoms with Crippen LogP contribution in [0.15, 0.2) is 83.4 Å². The molecule has 3 heterocycles. The van der Waals surface area contributed by atoms with E-state index in [9.17, 15) is 4.39 Å². The van der Waals surface area contributed by atoms with E-state index in [2.05, 4.69) is 10.3 Å². The van der Waals surface area contributed by atoms with Crippen molar-refractivity contribution in [1.82, 2.24) is 10.3 Å². The summed E-state index contributed by atoms with van der Waals surface area (Å²) in [6.07, 6.45) is 1.74. The van der Waals surface area contributed by atoms with Crippen molar-refractivity contribution in [3.63, 3.8) is 0 Å². The summed E-state index contributed by atoms with van der Waals surface area (Å²) in [5, 5.41) is 4.36. The molecule has 1 aliphatic heterocycles. The predicted octanol–water partition coefficient (Wildman–Crippen LogP) is 6.34. The standard InChI is InChI=1S/C27H23ClFN3O3S/c1-33-14-15-34-23-10-9-19(16-20(23)28)32-26(25(31-27(32)36)21-4-2-3-13-30-21)24-12-11-22(35-24)17-5-7-18(29)8-6-17/h2-13,16,25-26H,14-15H2,1H3,(H,31,36)/t25-,26+/m1/s1. The van der Waals surface area contributed by atoms with E-state index >= 15 is 0 Å². The Morgan fingerprint density at radius 1 is 1.08 bits per heavy atom. The van der Waals surface area contributed by atoms with E-state index in [1.807, 2.05) is 53.4 Å². The van der Waals surface area contributed by atoms with Gasteiger partial charge in [-0.05, 0) is 78.9 Å². The number of aromatic nitrogens is 1. The lowest BCUT2D eigenvalue weighted by Crippen LogP contribution is -2.29. The van der Waals surface area contributed by atoms with Gasteiger partial charge in [-0.1, -0.05) is 17.7 Å². The minimum atomic E-state index is -0.349. The Bertz CT molecular complexity index is 1350. The number of nitrogens with zero attached hydrogens (tertiary/aromatic N) is 2. The molecular formula is C27H23ClFN3O3S. The zero-order valence-electron chi connectivity index (χ0n) is 19.4. The molecule has 2 aromatic carbocycles. The van der Waals surface area contributed by atoms with Gasteiger partial charge in [-0.3, -0.25) is 4.98 Å². The fourth-order valence-electron chi connectivity index (χ4n) is 4.19. The first kappa shape index (κ1) is 24.2. The lowest BCUT2D eigenvalue weighted by Gasteiger charge is -2.26. The first-order valence-electron chi connectivity index (χ1n) is 11.3. The van der Waals surface area contributed by atoms with Gasteiger partial charge in [-0.2, -0.15) is 0 Å². The quantitative estimate of drug-likeness (QED) is 0.214. The summed E-state index contributed by atoms with van der Waals surface area (Å²) in [4.78, 5) is 6.52. The lowest BCUT2D eigenvalue weighted by atomic mass is 10.0. The maximum Gasteiger partial charge on any atom is 0.174 e. The molecule has 1 N–H and O–H groups in total. The largest absolute Gasteiger partial charge is 0.490 e. The molecule has 0 aliphatic carbocycles. The number of halogens is 2. The second-order valence-corrected chi connectivity index (χ2v) is 8.96. The van der Waals surface area contributed by atoms with Crippen LogP contribution >= 0.6 is 23.8 Å². The van der Waals surface area contributed by atoms with Gasteiger partial charge in [0.2, 0.25) is 0 Å². The molecule has 9 heteroatoms. The number of rotatable bonds is 8. The van der Waals surface area contributed by atoms with Gasteiger partial charge in [-0.25, -0.2) is 4.39 Å². The first-order valence-corrected chi connectivity index (χ1v) is 12.1. The molecule has 0 saturated carbocycles. The Labute approximate surface area is 218 Å². The Morgan fingerprint density at radius 2 is 1.92 bits per heavy atom. The van der Waals surface area contributed by atoms with Gasteiger partial charge in [0.05, 0.1) is 23.4 Å². The van der Waals surface area contributed by atoms with Crippen molar-refractivity contribution in [2.24, 2.45) is 0 Å². The van der Waals surface area contributed by atoms with Gasteiger partial charge in [-0.15, -0.1) is 0 Å². The molecule has 2 atom stereocenters. The van der Waals surface area contributed by atoms with Crippen LogP contribution in [0, 0.1) is 5.82 Å². The van der Waals surface area contributed by atoms with E-state index in [1.54, 1.807) is 25.4 Å². The molecule has 1 saturated heterocycles. The Morgan fingerprint density at radius 3 is 2.64 bits per heavy atom. The summed E-state index contributed by atoms with van der Waals surface area (Å²) in [6.45, 7) is 0.850. The molecule has 0 bridgehead atoms. The van der Waals surface area contributed by atoms with E-state index in [-0.39, 0.29) is 17.9 Å². The molecule has 0 amide bonds. The molecule has 0 unspecified atom stereocenters. The van der Waals surface area contributed by atoms with Crippen molar-refractivity contribution in [1.29, 1.82) is 0 Å². The van der Waals surface area contributed by atoms with E-state index in [1.165, 1.54) is 12.1 Å². The van der Waals surface area contributed by atoms with Crippen molar-refractivity contribution in [3.8, 4) is 17.1 Å². The fraction of sp³-hybridized carbons (Fsp3) is 0.185. The second kappa shape index (κ2) is 10.7. The maximum atomic E-state index is 13.4. The highest BCUT2D eigenvalue weighted by Gasteiger charge is 2.42. The normalized spacial score (nSPS) is 17.3. The van der Waals surface area contributed by atoms with Crippen LogP contribution in [0.5, 0.6) is 5.75 Å². The number of anilines is 1. The van der Waals surface area contributed by atoms with E-state index in [0.29, 0.717) is 40.6 Å². The average molecular weight is 524 g/mol. The second-order valence-electron chi connectivity index (χ2n) is 8.16. The van der Waals surface area contributed by atoms with Crippen LogP contribution in [0.25, 0.3) is 11.3 Å². The van der Waals surface area contributed by atoms with E-state index < -0.39 is 0 Å². The number of hydrogen-bond acceptors (Lipinski definition) is 5. The number of thiocarbonyl (C=S) groups is 1. The SMILES string of the molecule is COCCOc1ccc(N2C(=S)N[C@H](c3ccccn3)[C@@H]2c2ccc(-c3ccc(F)cc3)o2)cc1Cl.